The average molecular weight is 446 g/mol. The number of rotatable bonds is 2. The molecule has 0 fully saturated rings. The first-order valence-electron chi connectivity index (χ1n) is 9.96. The molecule has 0 aromatic heterocycles. The van der Waals surface area contributed by atoms with Gasteiger partial charge in [-0.25, -0.2) is 0 Å². The van der Waals surface area contributed by atoms with Crippen LogP contribution in [0.5, 0.6) is 0 Å². The van der Waals surface area contributed by atoms with E-state index in [9.17, 15) is 4.79 Å². The molecule has 0 saturated carbocycles. The van der Waals surface area contributed by atoms with E-state index in [0.717, 1.165) is 49.8 Å². The summed E-state index contributed by atoms with van der Waals surface area (Å²) in [5.74, 6) is 0.1000. The molecular formula is C27H21Cl2NO. The molecule has 1 aliphatic rings. The van der Waals surface area contributed by atoms with Crippen molar-refractivity contribution in [1.29, 1.82) is 0 Å². The second kappa shape index (κ2) is 8.97. The molecule has 0 bridgehead atoms. The van der Waals surface area contributed by atoms with E-state index in [1.165, 1.54) is 0 Å². The maximum absolute atomic E-state index is 12.5. The van der Waals surface area contributed by atoms with Gasteiger partial charge in [0, 0.05) is 21.8 Å². The van der Waals surface area contributed by atoms with Gasteiger partial charge in [0.1, 0.15) is 0 Å². The van der Waals surface area contributed by atoms with Gasteiger partial charge in [-0.2, -0.15) is 0 Å². The molecule has 0 aliphatic heterocycles. The van der Waals surface area contributed by atoms with Crippen molar-refractivity contribution in [3.63, 3.8) is 0 Å². The van der Waals surface area contributed by atoms with Crippen molar-refractivity contribution < 1.29 is 4.79 Å². The molecule has 0 spiro atoms. The first kappa shape index (κ1) is 21.2. The lowest BCUT2D eigenvalue weighted by atomic mass is 10.0. The third-order valence-corrected chi connectivity index (χ3v) is 5.96. The van der Waals surface area contributed by atoms with Crippen molar-refractivity contribution in [3.8, 4) is 11.1 Å². The number of halogens is 2. The van der Waals surface area contributed by atoms with Crippen molar-refractivity contribution in [1.82, 2.24) is 0 Å². The normalized spacial score (nSPS) is 11.3. The van der Waals surface area contributed by atoms with Crippen LogP contribution < -0.4 is 5.32 Å². The third-order valence-electron chi connectivity index (χ3n) is 5.20. The van der Waals surface area contributed by atoms with Crippen molar-refractivity contribution in [3.05, 3.63) is 117 Å². The molecule has 154 valence electrons. The largest absolute Gasteiger partial charge is 0.354 e. The molecule has 0 heterocycles. The zero-order valence-electron chi connectivity index (χ0n) is 17.2. The Morgan fingerprint density at radius 2 is 1.32 bits per heavy atom. The highest BCUT2D eigenvalue weighted by Gasteiger charge is 2.26. The monoisotopic (exact) mass is 445 g/mol. The summed E-state index contributed by atoms with van der Waals surface area (Å²) in [6, 6.07) is 27.2. The Morgan fingerprint density at radius 3 is 2.00 bits per heavy atom. The first-order chi connectivity index (χ1) is 14.9. The van der Waals surface area contributed by atoms with Crippen LogP contribution in [-0.2, 0) is 0 Å². The van der Waals surface area contributed by atoms with Crippen LogP contribution in [0.15, 0.2) is 84.9 Å². The number of anilines is 2. The highest BCUT2D eigenvalue weighted by atomic mass is 35.5. The Kier molecular flexibility index (Phi) is 6.13. The summed E-state index contributed by atoms with van der Waals surface area (Å²) in [5, 5.41) is 4.82. The summed E-state index contributed by atoms with van der Waals surface area (Å²) in [4.78, 5) is 12.5. The third kappa shape index (κ3) is 4.51. The van der Waals surface area contributed by atoms with Crippen LogP contribution in [0.3, 0.4) is 0 Å². The topological polar surface area (TPSA) is 29.1 Å². The Bertz CT molecular complexity index is 1260. The molecule has 1 aliphatic carbocycles. The van der Waals surface area contributed by atoms with Gasteiger partial charge in [0.25, 0.3) is 0 Å². The number of fused-ring (bicyclic) bond motifs is 3. The van der Waals surface area contributed by atoms with E-state index in [0.29, 0.717) is 5.02 Å². The molecule has 31 heavy (non-hydrogen) atoms. The lowest BCUT2D eigenvalue weighted by Crippen LogP contribution is -1.96. The molecule has 0 amide bonds. The fourth-order valence-electron chi connectivity index (χ4n) is 3.54. The number of hydrogen-bond acceptors (Lipinski definition) is 2. The highest BCUT2D eigenvalue weighted by molar-refractivity contribution is 6.33. The number of carbonyl (C=O) groups is 1. The minimum Gasteiger partial charge on any atom is -0.354 e. The Morgan fingerprint density at radius 1 is 0.645 bits per heavy atom. The lowest BCUT2D eigenvalue weighted by molar-refractivity contribution is 0.104. The maximum Gasteiger partial charge on any atom is 0.194 e. The minimum absolute atomic E-state index is 0.1000. The number of aryl methyl sites for hydroxylation is 2. The number of ketones is 1. The van der Waals surface area contributed by atoms with Crippen molar-refractivity contribution in [2.75, 3.05) is 5.32 Å². The van der Waals surface area contributed by atoms with Crippen molar-refractivity contribution in [2.45, 2.75) is 13.8 Å². The van der Waals surface area contributed by atoms with Gasteiger partial charge in [0.2, 0.25) is 0 Å². The van der Waals surface area contributed by atoms with E-state index < -0.39 is 0 Å². The fourth-order valence-corrected chi connectivity index (χ4v) is 3.86. The zero-order valence-corrected chi connectivity index (χ0v) is 18.8. The number of hydrogen-bond donors (Lipinski definition) is 1. The molecule has 4 aromatic rings. The second-order valence-electron chi connectivity index (χ2n) is 7.49. The van der Waals surface area contributed by atoms with E-state index in [1.54, 1.807) is 0 Å². The SMILES string of the molecule is Cc1ccc2c(c1)C(=O)c1ccc(Nc3ccccc3Cl)cc1-2.Cc1ccccc1Cl. The van der Waals surface area contributed by atoms with Crippen LogP contribution in [0.4, 0.5) is 11.4 Å². The van der Waals surface area contributed by atoms with Gasteiger partial charge in [-0.3, -0.25) is 4.79 Å². The smallest absolute Gasteiger partial charge is 0.194 e. The number of nitrogens with one attached hydrogen (secondary N) is 1. The van der Waals surface area contributed by atoms with Crippen LogP contribution in [0.25, 0.3) is 11.1 Å². The predicted octanol–water partition coefficient (Wildman–Crippen LogP) is 8.25. The minimum atomic E-state index is 0.1000. The zero-order chi connectivity index (χ0) is 22.0. The molecule has 5 rings (SSSR count). The van der Waals surface area contributed by atoms with E-state index in [-0.39, 0.29) is 5.78 Å². The summed E-state index contributed by atoms with van der Waals surface area (Å²) >= 11 is 11.9. The molecule has 0 atom stereocenters. The molecule has 4 aromatic carbocycles. The highest BCUT2D eigenvalue weighted by Crippen LogP contribution is 2.39. The summed E-state index contributed by atoms with van der Waals surface area (Å²) in [7, 11) is 0. The maximum atomic E-state index is 12.5. The van der Waals surface area contributed by atoms with Gasteiger partial charge in [-0.15, -0.1) is 0 Å². The van der Waals surface area contributed by atoms with Gasteiger partial charge in [0.05, 0.1) is 10.7 Å². The Hall–Kier alpha value is -3.07. The quantitative estimate of drug-likeness (QED) is 0.296. The van der Waals surface area contributed by atoms with E-state index in [4.69, 9.17) is 23.2 Å². The van der Waals surface area contributed by atoms with Crippen LogP contribution in [0.1, 0.15) is 27.0 Å². The Labute approximate surface area is 192 Å². The molecule has 1 N–H and O–H groups in total. The number of para-hydroxylation sites is 1. The molecule has 2 nitrogen and oxygen atoms in total. The standard InChI is InChI=1S/C20H14ClNO.C7H7Cl/c1-12-6-8-14-16-11-13(22-19-5-3-2-4-18(19)21)7-9-15(16)20(23)17(14)10-12;1-6-4-2-3-5-7(6)8/h2-11,22H,1H3;2-5H,1H3. The average Bonchev–Trinajstić information content (AvgIpc) is 3.03. The van der Waals surface area contributed by atoms with Gasteiger partial charge >= 0.3 is 0 Å². The molecule has 0 unspecified atom stereocenters. The molecular weight excluding hydrogens is 425 g/mol. The second-order valence-corrected chi connectivity index (χ2v) is 8.31. The van der Waals surface area contributed by atoms with Gasteiger partial charge in [0.15, 0.2) is 5.78 Å². The number of benzene rings is 4. The first-order valence-corrected chi connectivity index (χ1v) is 10.7. The van der Waals surface area contributed by atoms with Gasteiger partial charge in [-0.1, -0.05) is 71.2 Å². The summed E-state index contributed by atoms with van der Waals surface area (Å²) in [6.45, 7) is 3.99. The van der Waals surface area contributed by atoms with Crippen LogP contribution in [0.2, 0.25) is 10.0 Å². The predicted molar refractivity (Wildman–Crippen MR) is 131 cm³/mol. The van der Waals surface area contributed by atoms with Gasteiger partial charge in [-0.05, 0) is 73.0 Å². The van der Waals surface area contributed by atoms with E-state index in [2.05, 4.69) is 5.32 Å². The summed E-state index contributed by atoms with van der Waals surface area (Å²) in [6.07, 6.45) is 0. The summed E-state index contributed by atoms with van der Waals surface area (Å²) in [5.41, 5.74) is 7.51. The van der Waals surface area contributed by atoms with E-state index in [1.807, 2.05) is 98.8 Å². The van der Waals surface area contributed by atoms with Crippen LogP contribution >= 0.6 is 23.2 Å². The van der Waals surface area contributed by atoms with Crippen LogP contribution in [-0.4, -0.2) is 5.78 Å². The Balaban J connectivity index is 0.000000245. The fraction of sp³-hybridized carbons (Fsp3) is 0.0741. The lowest BCUT2D eigenvalue weighted by Gasteiger charge is -2.10. The summed E-state index contributed by atoms with van der Waals surface area (Å²) < 4.78 is 0. The number of carbonyl (C=O) groups excluding carboxylic acids is 1. The van der Waals surface area contributed by atoms with Crippen LogP contribution in [0, 0.1) is 13.8 Å². The van der Waals surface area contributed by atoms with Crippen molar-refractivity contribution >= 4 is 40.4 Å². The van der Waals surface area contributed by atoms with Gasteiger partial charge < -0.3 is 5.32 Å². The molecule has 0 saturated heterocycles. The molecule has 0 radical (unpaired) electrons. The molecule has 4 heteroatoms. The van der Waals surface area contributed by atoms with Crippen molar-refractivity contribution in [2.24, 2.45) is 0 Å². The van der Waals surface area contributed by atoms with E-state index >= 15 is 0 Å².